The molecule has 0 spiro atoms. The highest BCUT2D eigenvalue weighted by molar-refractivity contribution is 5.97. The number of hydrogen-bond acceptors (Lipinski definition) is 4. The Kier molecular flexibility index (Phi) is 3.68. The van der Waals surface area contributed by atoms with Crippen molar-refractivity contribution >= 4 is 11.6 Å². The summed E-state index contributed by atoms with van der Waals surface area (Å²) in [6.45, 7) is 4.33. The molecule has 0 unspecified atom stereocenters. The van der Waals surface area contributed by atoms with Gasteiger partial charge in [0.25, 0.3) is 5.91 Å². The Morgan fingerprint density at radius 1 is 1.67 bits per heavy atom. The highest BCUT2D eigenvalue weighted by atomic mass is 16.3. The second-order valence-electron chi connectivity index (χ2n) is 3.22. The Balaban J connectivity index is 2.87. The average Bonchev–Trinajstić information content (AvgIpc) is 2.55. The molecule has 1 aromatic heterocycles. The average molecular weight is 212 g/mol. The number of aromatic amines is 1. The van der Waals surface area contributed by atoms with Crippen LogP contribution in [-0.2, 0) is 0 Å². The smallest absolute Gasteiger partial charge is 0.276 e. The number of aromatic nitrogens is 2. The predicted octanol–water partition coefficient (Wildman–Crippen LogP) is -0.245. The van der Waals surface area contributed by atoms with Gasteiger partial charge in [-0.1, -0.05) is 0 Å². The molecule has 0 aliphatic rings. The van der Waals surface area contributed by atoms with Crippen LogP contribution in [0.1, 0.15) is 23.1 Å². The molecule has 6 nitrogen and oxygen atoms in total. The Labute approximate surface area is 88.1 Å². The van der Waals surface area contributed by atoms with Gasteiger partial charge in [0.15, 0.2) is 5.69 Å². The van der Waals surface area contributed by atoms with Crippen molar-refractivity contribution in [3.05, 3.63) is 11.4 Å². The van der Waals surface area contributed by atoms with E-state index in [9.17, 15) is 4.79 Å². The lowest BCUT2D eigenvalue weighted by Gasteiger charge is -2.18. The van der Waals surface area contributed by atoms with Crippen molar-refractivity contribution in [2.45, 2.75) is 13.8 Å². The molecule has 0 aromatic carbocycles. The van der Waals surface area contributed by atoms with Crippen LogP contribution in [0.15, 0.2) is 0 Å². The molecule has 0 bridgehead atoms. The Hall–Kier alpha value is -1.56. The number of hydrogen-bond donors (Lipinski definition) is 3. The zero-order valence-electron chi connectivity index (χ0n) is 8.95. The van der Waals surface area contributed by atoms with Gasteiger partial charge < -0.3 is 15.7 Å². The number of likely N-dealkylation sites (N-methyl/N-ethyl adjacent to an activating group) is 1. The molecule has 0 fully saturated rings. The van der Waals surface area contributed by atoms with Crippen molar-refractivity contribution in [2.24, 2.45) is 0 Å². The molecule has 1 aromatic rings. The van der Waals surface area contributed by atoms with E-state index in [1.165, 1.54) is 4.90 Å². The minimum absolute atomic E-state index is 0.0666. The maximum Gasteiger partial charge on any atom is 0.276 e. The fourth-order valence-corrected chi connectivity index (χ4v) is 1.27. The van der Waals surface area contributed by atoms with Crippen LogP contribution in [0.3, 0.4) is 0 Å². The van der Waals surface area contributed by atoms with Gasteiger partial charge in [0.2, 0.25) is 0 Å². The van der Waals surface area contributed by atoms with Crippen LogP contribution in [0.4, 0.5) is 5.69 Å². The van der Waals surface area contributed by atoms with E-state index < -0.39 is 0 Å². The van der Waals surface area contributed by atoms with Gasteiger partial charge in [0, 0.05) is 13.1 Å². The molecule has 0 saturated heterocycles. The molecule has 15 heavy (non-hydrogen) atoms. The van der Waals surface area contributed by atoms with E-state index in [1.54, 1.807) is 6.92 Å². The Morgan fingerprint density at radius 3 is 2.73 bits per heavy atom. The minimum atomic E-state index is -0.256. The molecule has 0 radical (unpaired) electrons. The number of anilines is 1. The highest BCUT2D eigenvalue weighted by Crippen LogP contribution is 2.14. The van der Waals surface area contributed by atoms with E-state index in [2.05, 4.69) is 10.2 Å². The summed E-state index contributed by atoms with van der Waals surface area (Å²) in [5.41, 5.74) is 6.96. The minimum Gasteiger partial charge on any atom is -0.395 e. The third-order valence-electron chi connectivity index (χ3n) is 2.24. The first-order valence-electron chi connectivity index (χ1n) is 4.82. The fourth-order valence-electron chi connectivity index (χ4n) is 1.27. The second-order valence-corrected chi connectivity index (χ2v) is 3.22. The summed E-state index contributed by atoms with van der Waals surface area (Å²) in [6, 6.07) is 0. The Morgan fingerprint density at radius 2 is 2.33 bits per heavy atom. The van der Waals surface area contributed by atoms with Crippen molar-refractivity contribution in [1.82, 2.24) is 15.1 Å². The van der Waals surface area contributed by atoms with E-state index >= 15 is 0 Å². The number of aliphatic hydroxyl groups is 1. The number of nitrogens with one attached hydrogen (secondary N) is 1. The van der Waals surface area contributed by atoms with Gasteiger partial charge in [0.1, 0.15) is 0 Å². The normalized spacial score (nSPS) is 10.3. The molecular weight excluding hydrogens is 196 g/mol. The summed E-state index contributed by atoms with van der Waals surface area (Å²) in [5.74, 6) is -0.256. The molecule has 0 saturated carbocycles. The third-order valence-corrected chi connectivity index (χ3v) is 2.24. The van der Waals surface area contributed by atoms with Crippen LogP contribution in [0, 0.1) is 6.92 Å². The Bertz CT molecular complexity index is 348. The lowest BCUT2D eigenvalue weighted by molar-refractivity contribution is 0.0727. The van der Waals surface area contributed by atoms with Gasteiger partial charge in [-0.05, 0) is 13.8 Å². The zero-order valence-corrected chi connectivity index (χ0v) is 8.95. The quantitative estimate of drug-likeness (QED) is 0.641. The molecule has 1 heterocycles. The number of carbonyl (C=O) groups excluding carboxylic acids is 1. The molecule has 0 aliphatic carbocycles. The lowest BCUT2D eigenvalue weighted by atomic mass is 10.2. The second kappa shape index (κ2) is 4.79. The maximum absolute atomic E-state index is 11.9. The highest BCUT2D eigenvalue weighted by Gasteiger charge is 2.20. The van der Waals surface area contributed by atoms with Gasteiger partial charge in [-0.15, -0.1) is 0 Å². The molecule has 0 atom stereocenters. The summed E-state index contributed by atoms with van der Waals surface area (Å²) < 4.78 is 0. The maximum atomic E-state index is 11.9. The van der Waals surface area contributed by atoms with Crippen molar-refractivity contribution in [3.63, 3.8) is 0 Å². The number of nitrogen functional groups attached to an aromatic ring is 1. The predicted molar refractivity (Wildman–Crippen MR) is 56.4 cm³/mol. The SMILES string of the molecule is CCN(CCO)C(=O)c1n[nH]c(C)c1N. The number of aliphatic hydroxyl groups excluding tert-OH is 1. The van der Waals surface area contributed by atoms with Gasteiger partial charge in [-0.3, -0.25) is 9.89 Å². The molecule has 4 N–H and O–H groups in total. The summed E-state index contributed by atoms with van der Waals surface area (Å²) in [7, 11) is 0. The van der Waals surface area contributed by atoms with E-state index in [1.807, 2.05) is 6.92 Å². The largest absolute Gasteiger partial charge is 0.395 e. The van der Waals surface area contributed by atoms with E-state index in [4.69, 9.17) is 10.8 Å². The fraction of sp³-hybridized carbons (Fsp3) is 0.556. The monoisotopic (exact) mass is 212 g/mol. The van der Waals surface area contributed by atoms with Crippen molar-refractivity contribution in [3.8, 4) is 0 Å². The zero-order chi connectivity index (χ0) is 11.4. The number of carbonyl (C=O) groups is 1. The standard InChI is InChI=1S/C9H16N4O2/c1-3-13(4-5-14)9(15)8-7(10)6(2)11-12-8/h14H,3-5,10H2,1-2H3,(H,11,12). The van der Waals surface area contributed by atoms with Gasteiger partial charge >= 0.3 is 0 Å². The first-order chi connectivity index (χ1) is 7.11. The number of rotatable bonds is 4. The summed E-state index contributed by atoms with van der Waals surface area (Å²) in [5, 5.41) is 15.3. The first-order valence-corrected chi connectivity index (χ1v) is 4.82. The van der Waals surface area contributed by atoms with E-state index in [0.29, 0.717) is 24.5 Å². The van der Waals surface area contributed by atoms with Crippen LogP contribution < -0.4 is 5.73 Å². The molecule has 1 amide bonds. The summed E-state index contributed by atoms with van der Waals surface area (Å²) >= 11 is 0. The third kappa shape index (κ3) is 2.27. The van der Waals surface area contributed by atoms with Crippen LogP contribution in [-0.4, -0.2) is 45.8 Å². The van der Waals surface area contributed by atoms with Crippen molar-refractivity contribution < 1.29 is 9.90 Å². The molecule has 1 rings (SSSR count). The molecular formula is C9H16N4O2. The van der Waals surface area contributed by atoms with E-state index in [0.717, 1.165) is 0 Å². The number of aryl methyl sites for hydroxylation is 1. The van der Waals surface area contributed by atoms with Crippen LogP contribution >= 0.6 is 0 Å². The number of H-pyrrole nitrogens is 1. The number of nitrogens with zero attached hydrogens (tertiary/aromatic N) is 2. The summed E-state index contributed by atoms with van der Waals surface area (Å²) in [6.07, 6.45) is 0. The van der Waals surface area contributed by atoms with Crippen molar-refractivity contribution in [1.29, 1.82) is 0 Å². The van der Waals surface area contributed by atoms with Crippen molar-refractivity contribution in [2.75, 3.05) is 25.4 Å². The van der Waals surface area contributed by atoms with Gasteiger partial charge in [0.05, 0.1) is 18.0 Å². The lowest BCUT2D eigenvalue weighted by Crippen LogP contribution is -2.34. The number of amides is 1. The topological polar surface area (TPSA) is 95.2 Å². The molecule has 84 valence electrons. The molecule has 6 heteroatoms. The summed E-state index contributed by atoms with van der Waals surface area (Å²) in [4.78, 5) is 13.3. The van der Waals surface area contributed by atoms with Crippen LogP contribution in [0.25, 0.3) is 0 Å². The van der Waals surface area contributed by atoms with Crippen LogP contribution in [0.2, 0.25) is 0 Å². The molecule has 0 aliphatic heterocycles. The van der Waals surface area contributed by atoms with Crippen LogP contribution in [0.5, 0.6) is 0 Å². The van der Waals surface area contributed by atoms with Gasteiger partial charge in [-0.2, -0.15) is 5.10 Å². The number of nitrogens with two attached hydrogens (primary N) is 1. The van der Waals surface area contributed by atoms with E-state index in [-0.39, 0.29) is 18.2 Å². The first kappa shape index (κ1) is 11.5. The van der Waals surface area contributed by atoms with Gasteiger partial charge in [-0.25, -0.2) is 0 Å².